The quantitative estimate of drug-likeness (QED) is 0.900. The van der Waals surface area contributed by atoms with Crippen LogP contribution in [0.3, 0.4) is 0 Å². The molecule has 136 valence electrons. The van der Waals surface area contributed by atoms with E-state index >= 15 is 0 Å². The average molecular weight is 359 g/mol. The van der Waals surface area contributed by atoms with Gasteiger partial charge in [0.05, 0.1) is 5.92 Å². The van der Waals surface area contributed by atoms with Crippen LogP contribution in [0.1, 0.15) is 30.3 Å². The molecule has 2 heterocycles. The number of aliphatic carboxylic acids is 1. The fourth-order valence-corrected chi connectivity index (χ4v) is 3.06. The zero-order valence-electron chi connectivity index (χ0n) is 14.1. The summed E-state index contributed by atoms with van der Waals surface area (Å²) in [6, 6.07) is 7.92. The van der Waals surface area contributed by atoms with Crippen LogP contribution < -0.4 is 5.56 Å². The van der Waals surface area contributed by atoms with Crippen molar-refractivity contribution in [2.45, 2.75) is 25.8 Å². The molecule has 2 aromatic rings. The van der Waals surface area contributed by atoms with E-state index in [1.807, 2.05) is 6.92 Å². The molecule has 7 nitrogen and oxygen atoms in total. The van der Waals surface area contributed by atoms with Crippen molar-refractivity contribution in [1.29, 1.82) is 0 Å². The van der Waals surface area contributed by atoms with Crippen molar-refractivity contribution in [3.8, 4) is 5.69 Å². The molecule has 1 fully saturated rings. The molecule has 3 rings (SSSR count). The van der Waals surface area contributed by atoms with Crippen LogP contribution in [0.2, 0.25) is 0 Å². The van der Waals surface area contributed by atoms with Crippen molar-refractivity contribution >= 4 is 11.9 Å². The highest BCUT2D eigenvalue weighted by molar-refractivity contribution is 5.92. The predicted molar refractivity (Wildman–Crippen MR) is 90.7 cm³/mol. The number of carbonyl (C=O) groups excluding carboxylic acids is 1. The lowest BCUT2D eigenvalue weighted by Gasteiger charge is -2.36. The van der Waals surface area contributed by atoms with Gasteiger partial charge in [0, 0.05) is 18.7 Å². The van der Waals surface area contributed by atoms with Crippen LogP contribution in [0.4, 0.5) is 4.39 Å². The first-order chi connectivity index (χ1) is 12.4. The van der Waals surface area contributed by atoms with E-state index < -0.39 is 29.2 Å². The zero-order chi connectivity index (χ0) is 18.8. The number of para-hydroxylation sites is 1. The number of likely N-dealkylation sites (tertiary alicyclic amines) is 1. The van der Waals surface area contributed by atoms with Crippen LogP contribution in [0.15, 0.2) is 41.2 Å². The molecule has 2 atom stereocenters. The number of aromatic nitrogens is 2. The van der Waals surface area contributed by atoms with Gasteiger partial charge in [0.15, 0.2) is 0 Å². The second-order valence-corrected chi connectivity index (χ2v) is 6.34. The number of carbonyl (C=O) groups is 2. The van der Waals surface area contributed by atoms with Crippen LogP contribution in [0.5, 0.6) is 0 Å². The molecule has 0 spiro atoms. The first-order valence-corrected chi connectivity index (χ1v) is 8.27. The lowest BCUT2D eigenvalue weighted by Crippen LogP contribution is -2.47. The molecular weight excluding hydrogens is 341 g/mol. The summed E-state index contributed by atoms with van der Waals surface area (Å²) in [6.45, 7) is 1.92. The summed E-state index contributed by atoms with van der Waals surface area (Å²) in [5.74, 6) is -2.69. The Hall–Kier alpha value is -3.03. The molecule has 1 aromatic carbocycles. The number of piperidine rings is 1. The van der Waals surface area contributed by atoms with E-state index in [0.29, 0.717) is 12.8 Å². The standard InChI is InChI=1S/C18H18FN3O4/c1-11-6-7-12(18(25)26)10-21(11)17(24)14-8-9-16(23)22(20-14)15-5-3-2-4-13(15)19/h2-5,8-9,11-12H,6-7,10H2,1H3,(H,25,26). The van der Waals surface area contributed by atoms with Gasteiger partial charge in [0.2, 0.25) is 0 Å². The molecule has 0 radical (unpaired) electrons. The number of nitrogens with zero attached hydrogens (tertiary/aromatic N) is 3. The Bertz CT molecular complexity index is 911. The van der Waals surface area contributed by atoms with Gasteiger partial charge in [0.1, 0.15) is 17.2 Å². The van der Waals surface area contributed by atoms with Gasteiger partial charge in [-0.25, -0.2) is 4.39 Å². The van der Waals surface area contributed by atoms with E-state index in [2.05, 4.69) is 5.10 Å². The molecule has 1 saturated heterocycles. The summed E-state index contributed by atoms with van der Waals surface area (Å²) < 4.78 is 14.8. The van der Waals surface area contributed by atoms with Gasteiger partial charge < -0.3 is 10.0 Å². The molecule has 8 heteroatoms. The van der Waals surface area contributed by atoms with Crippen molar-refractivity contribution in [3.63, 3.8) is 0 Å². The van der Waals surface area contributed by atoms with Crippen LogP contribution in [-0.4, -0.2) is 44.3 Å². The Balaban J connectivity index is 1.95. The minimum absolute atomic E-state index is 0.0364. The lowest BCUT2D eigenvalue weighted by atomic mass is 9.93. The maximum absolute atomic E-state index is 14.0. The Morgan fingerprint density at radius 3 is 2.62 bits per heavy atom. The highest BCUT2D eigenvalue weighted by atomic mass is 19.1. The molecule has 26 heavy (non-hydrogen) atoms. The third kappa shape index (κ3) is 3.35. The Morgan fingerprint density at radius 2 is 1.92 bits per heavy atom. The summed E-state index contributed by atoms with van der Waals surface area (Å²) in [7, 11) is 0. The topological polar surface area (TPSA) is 92.5 Å². The number of hydrogen-bond donors (Lipinski definition) is 1. The molecule has 1 N–H and O–H groups in total. The van der Waals surface area contributed by atoms with Gasteiger partial charge in [-0.05, 0) is 38.0 Å². The van der Waals surface area contributed by atoms with Crippen LogP contribution >= 0.6 is 0 Å². The van der Waals surface area contributed by atoms with Crippen molar-refractivity contribution in [2.75, 3.05) is 6.54 Å². The van der Waals surface area contributed by atoms with Crippen molar-refractivity contribution in [2.24, 2.45) is 5.92 Å². The van der Waals surface area contributed by atoms with Crippen LogP contribution in [-0.2, 0) is 4.79 Å². The van der Waals surface area contributed by atoms with E-state index in [9.17, 15) is 23.9 Å². The summed E-state index contributed by atoms with van der Waals surface area (Å²) >= 11 is 0. The van der Waals surface area contributed by atoms with E-state index in [4.69, 9.17) is 0 Å². The van der Waals surface area contributed by atoms with Crippen LogP contribution in [0, 0.1) is 11.7 Å². The molecule has 1 aromatic heterocycles. The molecule has 0 bridgehead atoms. The average Bonchev–Trinajstić information content (AvgIpc) is 2.62. The summed E-state index contributed by atoms with van der Waals surface area (Å²) in [5.41, 5.74) is -0.658. The summed E-state index contributed by atoms with van der Waals surface area (Å²) in [6.07, 6.45) is 1.07. The summed E-state index contributed by atoms with van der Waals surface area (Å²) in [4.78, 5) is 37.6. The zero-order valence-corrected chi connectivity index (χ0v) is 14.1. The fraction of sp³-hybridized carbons (Fsp3) is 0.333. The summed E-state index contributed by atoms with van der Waals surface area (Å²) in [5, 5.41) is 13.2. The van der Waals surface area contributed by atoms with Gasteiger partial charge in [-0.2, -0.15) is 9.78 Å². The molecule has 2 unspecified atom stereocenters. The first kappa shape index (κ1) is 17.8. The third-order valence-corrected chi connectivity index (χ3v) is 4.59. The Labute approximate surface area is 148 Å². The molecule has 1 aliphatic heterocycles. The number of halogens is 1. The Kier molecular flexibility index (Phi) is 4.83. The number of carboxylic acid groups (broad SMARTS) is 1. The number of carboxylic acids is 1. The molecule has 1 aliphatic rings. The van der Waals surface area contributed by atoms with E-state index in [0.717, 1.165) is 10.7 Å². The number of rotatable bonds is 3. The normalized spacial score (nSPS) is 20.0. The maximum atomic E-state index is 14.0. The van der Waals surface area contributed by atoms with Gasteiger partial charge >= 0.3 is 5.97 Å². The molecule has 0 saturated carbocycles. The predicted octanol–water partition coefficient (Wildman–Crippen LogP) is 1.70. The van der Waals surface area contributed by atoms with E-state index in [1.54, 1.807) is 6.07 Å². The highest BCUT2D eigenvalue weighted by Crippen LogP contribution is 2.23. The fourth-order valence-electron chi connectivity index (χ4n) is 3.06. The minimum atomic E-state index is -0.945. The smallest absolute Gasteiger partial charge is 0.308 e. The minimum Gasteiger partial charge on any atom is -0.481 e. The van der Waals surface area contributed by atoms with Crippen molar-refractivity contribution < 1.29 is 19.1 Å². The SMILES string of the molecule is CC1CCC(C(=O)O)CN1C(=O)c1ccc(=O)n(-c2ccccc2F)n1. The van der Waals surface area contributed by atoms with Gasteiger partial charge in [-0.15, -0.1) is 0 Å². The second-order valence-electron chi connectivity index (χ2n) is 6.34. The number of benzene rings is 1. The highest BCUT2D eigenvalue weighted by Gasteiger charge is 2.33. The maximum Gasteiger partial charge on any atom is 0.308 e. The molecular formula is C18H18FN3O4. The largest absolute Gasteiger partial charge is 0.481 e. The number of hydrogen-bond acceptors (Lipinski definition) is 4. The molecule has 0 aliphatic carbocycles. The molecule has 1 amide bonds. The first-order valence-electron chi connectivity index (χ1n) is 8.27. The second kappa shape index (κ2) is 7.07. The van der Waals surface area contributed by atoms with E-state index in [-0.39, 0.29) is 24.0 Å². The third-order valence-electron chi connectivity index (χ3n) is 4.59. The lowest BCUT2D eigenvalue weighted by molar-refractivity contribution is -0.143. The van der Waals surface area contributed by atoms with Crippen LogP contribution in [0.25, 0.3) is 5.69 Å². The van der Waals surface area contributed by atoms with Gasteiger partial charge in [-0.1, -0.05) is 12.1 Å². The van der Waals surface area contributed by atoms with E-state index in [1.165, 1.54) is 29.2 Å². The van der Waals surface area contributed by atoms with Crippen molar-refractivity contribution in [1.82, 2.24) is 14.7 Å². The van der Waals surface area contributed by atoms with Gasteiger partial charge in [-0.3, -0.25) is 14.4 Å². The van der Waals surface area contributed by atoms with Crippen molar-refractivity contribution in [3.05, 3.63) is 58.3 Å². The monoisotopic (exact) mass is 359 g/mol. The van der Waals surface area contributed by atoms with Gasteiger partial charge in [0.25, 0.3) is 11.5 Å². The Morgan fingerprint density at radius 1 is 1.19 bits per heavy atom. The number of amides is 1.